The van der Waals surface area contributed by atoms with Gasteiger partial charge < -0.3 is 14.4 Å². The Labute approximate surface area is 130 Å². The summed E-state index contributed by atoms with van der Waals surface area (Å²) < 4.78 is 24.2. The Morgan fingerprint density at radius 2 is 2.29 bits per heavy atom. The minimum absolute atomic E-state index is 0.00350. The summed E-state index contributed by atoms with van der Waals surface area (Å²) in [6, 6.07) is 4.38. The molecule has 0 aliphatic carbocycles. The fourth-order valence-electron chi connectivity index (χ4n) is 2.16. The molecular weight excluding hydrogens is 345 g/mol. The topological polar surface area (TPSA) is 55.8 Å². The normalized spacial score (nSPS) is 18.4. The average molecular weight is 360 g/mol. The van der Waals surface area contributed by atoms with Crippen LogP contribution in [0.5, 0.6) is 0 Å². The third-order valence-electron chi connectivity index (χ3n) is 3.22. The molecule has 0 N–H and O–H groups in total. The van der Waals surface area contributed by atoms with Crippen LogP contribution in [0, 0.1) is 5.82 Å². The van der Waals surface area contributed by atoms with E-state index in [1.165, 1.54) is 24.1 Å². The molecule has 0 radical (unpaired) electrons. The Bertz CT molecular complexity index is 532. The lowest BCUT2D eigenvalue weighted by Crippen LogP contribution is -2.46. The van der Waals surface area contributed by atoms with E-state index < -0.39 is 23.8 Å². The zero-order chi connectivity index (χ0) is 15.4. The molecule has 0 spiro atoms. The quantitative estimate of drug-likeness (QED) is 0.774. The number of nitrogens with zero attached hydrogens (tertiary/aromatic N) is 1. The van der Waals surface area contributed by atoms with Crippen molar-refractivity contribution in [1.82, 2.24) is 4.90 Å². The van der Waals surface area contributed by atoms with Crippen LogP contribution < -0.4 is 0 Å². The highest BCUT2D eigenvalue weighted by molar-refractivity contribution is 9.10. The summed E-state index contributed by atoms with van der Waals surface area (Å²) in [7, 11) is 1.30. The van der Waals surface area contributed by atoms with Gasteiger partial charge in [0, 0.05) is 17.6 Å². The molecule has 1 saturated heterocycles. The molecule has 7 heteroatoms. The number of rotatable bonds is 3. The minimum atomic E-state index is -0.578. The number of carbonyl (C=O) groups is 2. The Morgan fingerprint density at radius 1 is 1.52 bits per heavy atom. The van der Waals surface area contributed by atoms with Crippen LogP contribution in [0.25, 0.3) is 0 Å². The summed E-state index contributed by atoms with van der Waals surface area (Å²) in [5.74, 6) is -1.40. The summed E-state index contributed by atoms with van der Waals surface area (Å²) in [5, 5.41) is 0. The molecule has 0 bridgehead atoms. The molecule has 1 amide bonds. The maximum absolute atomic E-state index is 13.8. The van der Waals surface area contributed by atoms with Crippen LogP contribution in [-0.2, 0) is 14.3 Å². The third kappa shape index (κ3) is 3.79. The van der Waals surface area contributed by atoms with Gasteiger partial charge in [-0.1, -0.05) is 6.07 Å². The van der Waals surface area contributed by atoms with Gasteiger partial charge in [-0.3, -0.25) is 9.59 Å². The highest BCUT2D eigenvalue weighted by Gasteiger charge is 2.29. The van der Waals surface area contributed by atoms with Crippen molar-refractivity contribution < 1.29 is 23.5 Å². The number of benzene rings is 1. The van der Waals surface area contributed by atoms with E-state index >= 15 is 0 Å². The van der Waals surface area contributed by atoms with Crippen molar-refractivity contribution in [3.63, 3.8) is 0 Å². The monoisotopic (exact) mass is 359 g/mol. The molecule has 1 atom stereocenters. The maximum Gasteiger partial charge on any atom is 0.308 e. The fraction of sp³-hybridized carbons (Fsp3) is 0.429. The van der Waals surface area contributed by atoms with E-state index in [0.717, 1.165) is 0 Å². The second kappa shape index (κ2) is 7.00. The lowest BCUT2D eigenvalue weighted by Gasteiger charge is -2.32. The van der Waals surface area contributed by atoms with E-state index in [1.54, 1.807) is 6.07 Å². The third-order valence-corrected chi connectivity index (χ3v) is 3.89. The van der Waals surface area contributed by atoms with E-state index in [1.807, 2.05) is 0 Å². The second-order valence-corrected chi connectivity index (χ2v) is 5.48. The van der Waals surface area contributed by atoms with Crippen molar-refractivity contribution in [3.8, 4) is 0 Å². The Morgan fingerprint density at radius 3 is 2.95 bits per heavy atom. The van der Waals surface area contributed by atoms with E-state index in [0.29, 0.717) is 17.6 Å². The van der Waals surface area contributed by atoms with Crippen molar-refractivity contribution in [2.75, 3.05) is 26.8 Å². The lowest BCUT2D eigenvalue weighted by molar-refractivity contribution is -0.145. The second-order valence-electron chi connectivity index (χ2n) is 4.62. The number of hydrogen-bond acceptors (Lipinski definition) is 4. The number of amides is 1. The van der Waals surface area contributed by atoms with Gasteiger partial charge >= 0.3 is 5.97 Å². The van der Waals surface area contributed by atoms with Crippen LogP contribution in [0.4, 0.5) is 4.39 Å². The fourth-order valence-corrected chi connectivity index (χ4v) is 2.67. The van der Waals surface area contributed by atoms with Gasteiger partial charge in [0.15, 0.2) is 0 Å². The molecule has 0 aromatic heterocycles. The van der Waals surface area contributed by atoms with Crippen molar-refractivity contribution in [2.45, 2.75) is 12.5 Å². The van der Waals surface area contributed by atoms with Crippen LogP contribution in [0.15, 0.2) is 22.7 Å². The Balaban J connectivity index is 2.10. The summed E-state index contributed by atoms with van der Waals surface area (Å²) in [6.07, 6.45) is -0.362. The zero-order valence-electron chi connectivity index (χ0n) is 11.5. The first-order valence-electron chi connectivity index (χ1n) is 6.44. The molecule has 1 heterocycles. The highest BCUT2D eigenvalue weighted by atomic mass is 79.9. The SMILES string of the molecule is COC(=O)CC1CN(C(=O)c2c(F)cccc2Br)CCO1. The Kier molecular flexibility index (Phi) is 5.30. The van der Waals surface area contributed by atoms with Gasteiger partial charge in [-0.25, -0.2) is 4.39 Å². The summed E-state index contributed by atoms with van der Waals surface area (Å²) >= 11 is 3.19. The van der Waals surface area contributed by atoms with Crippen LogP contribution >= 0.6 is 15.9 Å². The molecule has 114 valence electrons. The van der Waals surface area contributed by atoms with E-state index in [4.69, 9.17) is 4.74 Å². The molecule has 1 aliphatic heterocycles. The number of halogens is 2. The summed E-state index contributed by atoms with van der Waals surface area (Å²) in [4.78, 5) is 25.2. The number of ether oxygens (including phenoxy) is 2. The van der Waals surface area contributed by atoms with E-state index in [2.05, 4.69) is 20.7 Å². The van der Waals surface area contributed by atoms with Crippen molar-refractivity contribution >= 4 is 27.8 Å². The van der Waals surface area contributed by atoms with Gasteiger partial charge in [0.25, 0.3) is 5.91 Å². The molecule has 2 rings (SSSR count). The molecule has 1 unspecified atom stereocenters. The molecule has 1 aromatic carbocycles. The van der Waals surface area contributed by atoms with Gasteiger partial charge in [-0.15, -0.1) is 0 Å². The first-order valence-corrected chi connectivity index (χ1v) is 7.24. The van der Waals surface area contributed by atoms with Crippen LogP contribution in [0.2, 0.25) is 0 Å². The number of methoxy groups -OCH3 is 1. The Hall–Kier alpha value is -1.47. The van der Waals surface area contributed by atoms with Gasteiger partial charge in [0.1, 0.15) is 5.82 Å². The maximum atomic E-state index is 13.8. The first kappa shape index (κ1) is 15.9. The minimum Gasteiger partial charge on any atom is -0.469 e. The van der Waals surface area contributed by atoms with Crippen molar-refractivity contribution in [3.05, 3.63) is 34.1 Å². The summed E-state index contributed by atoms with van der Waals surface area (Å²) in [5.41, 5.74) is -0.00350. The van der Waals surface area contributed by atoms with Crippen molar-refractivity contribution in [2.24, 2.45) is 0 Å². The standard InChI is InChI=1S/C14H15BrFNO4/c1-20-12(18)7-9-8-17(5-6-21-9)14(19)13-10(15)3-2-4-11(13)16/h2-4,9H,5-8H2,1H3. The molecule has 1 aromatic rings. The van der Waals surface area contributed by atoms with Gasteiger partial charge in [-0.2, -0.15) is 0 Å². The van der Waals surface area contributed by atoms with Crippen LogP contribution in [0.3, 0.4) is 0 Å². The largest absolute Gasteiger partial charge is 0.469 e. The van der Waals surface area contributed by atoms with Gasteiger partial charge in [-0.05, 0) is 28.1 Å². The van der Waals surface area contributed by atoms with Crippen LogP contribution in [-0.4, -0.2) is 49.7 Å². The predicted octanol–water partition coefficient (Wildman–Crippen LogP) is 1.99. The highest BCUT2D eigenvalue weighted by Crippen LogP contribution is 2.22. The number of morpholine rings is 1. The van der Waals surface area contributed by atoms with E-state index in [-0.39, 0.29) is 18.5 Å². The molecule has 5 nitrogen and oxygen atoms in total. The predicted molar refractivity (Wildman–Crippen MR) is 76.4 cm³/mol. The average Bonchev–Trinajstić information content (AvgIpc) is 2.47. The molecule has 1 aliphatic rings. The van der Waals surface area contributed by atoms with Crippen LogP contribution in [0.1, 0.15) is 16.8 Å². The smallest absolute Gasteiger partial charge is 0.308 e. The van der Waals surface area contributed by atoms with Gasteiger partial charge in [0.05, 0.1) is 31.8 Å². The molecular formula is C14H15BrFNO4. The number of hydrogen-bond donors (Lipinski definition) is 0. The van der Waals surface area contributed by atoms with Crippen molar-refractivity contribution in [1.29, 1.82) is 0 Å². The lowest BCUT2D eigenvalue weighted by atomic mass is 10.1. The molecule has 0 saturated carbocycles. The number of esters is 1. The zero-order valence-corrected chi connectivity index (χ0v) is 13.1. The molecule has 21 heavy (non-hydrogen) atoms. The van der Waals surface area contributed by atoms with Gasteiger partial charge in [0.2, 0.25) is 0 Å². The molecule has 1 fully saturated rings. The van der Waals surface area contributed by atoms with E-state index in [9.17, 15) is 14.0 Å². The summed E-state index contributed by atoms with van der Waals surface area (Å²) in [6.45, 7) is 0.894. The number of carbonyl (C=O) groups excluding carboxylic acids is 2. The first-order chi connectivity index (χ1) is 10.0.